The lowest BCUT2D eigenvalue weighted by atomic mass is 9.84. The van der Waals surface area contributed by atoms with Crippen molar-refractivity contribution in [3.05, 3.63) is 10.1 Å². The van der Waals surface area contributed by atoms with Crippen molar-refractivity contribution >= 4 is 81.4 Å². The smallest absolute Gasteiger partial charge is 0.249 e. The Labute approximate surface area is 137 Å². The first-order valence-corrected chi connectivity index (χ1v) is 7.25. The molecule has 0 radical (unpaired) electrons. The Morgan fingerprint density at radius 3 is 1.53 bits per heavy atom. The molecule has 1 aliphatic heterocycles. The Morgan fingerprint density at radius 1 is 0.895 bits per heavy atom. The number of allylic oxidation sites excluding steroid dienone is 2. The van der Waals surface area contributed by atoms with E-state index in [4.69, 9.17) is 75.4 Å². The van der Waals surface area contributed by atoms with E-state index >= 15 is 0 Å². The highest BCUT2D eigenvalue weighted by Gasteiger charge is 2.87. The Morgan fingerprint density at radius 2 is 1.21 bits per heavy atom. The third kappa shape index (κ3) is 1.15. The molecule has 0 aromatic carbocycles. The lowest BCUT2D eigenvalue weighted by Gasteiger charge is -2.33. The number of carbonyl (C=O) groups is 2. The van der Waals surface area contributed by atoms with Gasteiger partial charge in [0.15, 0.2) is 4.33 Å². The number of imide groups is 1. The summed E-state index contributed by atoms with van der Waals surface area (Å²) in [4.78, 5) is 20.6. The van der Waals surface area contributed by atoms with Gasteiger partial charge in [-0.05, 0) is 0 Å². The first kappa shape index (κ1) is 14.5. The minimum Gasteiger partial charge on any atom is -0.273 e. The third-order valence-corrected chi connectivity index (χ3v) is 8.20. The zero-order chi connectivity index (χ0) is 14.5. The second-order valence-corrected chi connectivity index (χ2v) is 7.90. The summed E-state index contributed by atoms with van der Waals surface area (Å²) in [5.41, 5.74) is 0. The van der Waals surface area contributed by atoms with Crippen LogP contribution in [-0.2, 0) is 9.59 Å². The van der Waals surface area contributed by atoms with Crippen LogP contribution in [0.5, 0.6) is 0 Å². The van der Waals surface area contributed by atoms with E-state index in [9.17, 15) is 9.59 Å². The fraction of sp³-hybridized carbons (Fsp3) is 0.556. The van der Waals surface area contributed by atoms with Gasteiger partial charge in [0.25, 0.3) is 0 Å². The molecule has 3 aliphatic rings. The van der Waals surface area contributed by atoms with Crippen LogP contribution >= 0.6 is 69.6 Å². The standard InChI is InChI=1S/C9H4Cl6N2O2/c10-3-4(11)8(13)2-1(5(18)17(16)6(2)19)7(3,12)9(8,14)15/h1-2H,16H2. The largest absolute Gasteiger partial charge is 0.273 e. The normalized spacial score (nSPS) is 47.4. The van der Waals surface area contributed by atoms with Gasteiger partial charge in [0.2, 0.25) is 11.8 Å². The fourth-order valence-corrected chi connectivity index (χ4v) is 5.95. The molecule has 0 aromatic rings. The van der Waals surface area contributed by atoms with E-state index < -0.39 is 37.7 Å². The van der Waals surface area contributed by atoms with E-state index in [-0.39, 0.29) is 10.1 Å². The molecule has 1 saturated heterocycles. The van der Waals surface area contributed by atoms with Crippen LogP contribution in [0, 0.1) is 11.8 Å². The zero-order valence-electron chi connectivity index (χ0n) is 8.76. The van der Waals surface area contributed by atoms with Crippen LogP contribution in [0.3, 0.4) is 0 Å². The highest BCUT2D eigenvalue weighted by molar-refractivity contribution is 6.66. The molecule has 2 bridgehead atoms. The van der Waals surface area contributed by atoms with Gasteiger partial charge >= 0.3 is 0 Å². The number of alkyl halides is 4. The average Bonchev–Trinajstić information content (AvgIpc) is 2.69. The number of rotatable bonds is 0. The van der Waals surface area contributed by atoms with Crippen LogP contribution in [0.25, 0.3) is 0 Å². The van der Waals surface area contributed by atoms with Crippen molar-refractivity contribution in [2.24, 2.45) is 17.7 Å². The molecule has 2 N–H and O–H groups in total. The monoisotopic (exact) mass is 382 g/mol. The van der Waals surface area contributed by atoms with Gasteiger partial charge in [-0.25, -0.2) is 10.9 Å². The molecular weight excluding hydrogens is 381 g/mol. The highest BCUT2D eigenvalue weighted by atomic mass is 35.5. The first-order valence-electron chi connectivity index (χ1n) is 4.99. The van der Waals surface area contributed by atoms with E-state index in [1.165, 1.54) is 0 Å². The summed E-state index contributed by atoms with van der Waals surface area (Å²) in [6, 6.07) is 0. The molecule has 2 aliphatic carbocycles. The number of hydrogen-bond acceptors (Lipinski definition) is 3. The lowest BCUT2D eigenvalue weighted by Crippen LogP contribution is -2.51. The van der Waals surface area contributed by atoms with Gasteiger partial charge in [-0.1, -0.05) is 46.4 Å². The van der Waals surface area contributed by atoms with Crippen LogP contribution in [0.1, 0.15) is 0 Å². The molecule has 0 aromatic heterocycles. The molecule has 1 saturated carbocycles. The molecule has 4 nitrogen and oxygen atoms in total. The number of amides is 2. The van der Waals surface area contributed by atoms with E-state index in [0.29, 0.717) is 5.01 Å². The quantitative estimate of drug-likeness (QED) is 0.302. The van der Waals surface area contributed by atoms with E-state index in [0.717, 1.165) is 0 Å². The molecule has 4 unspecified atom stereocenters. The van der Waals surface area contributed by atoms with Gasteiger partial charge in [-0.3, -0.25) is 9.59 Å². The van der Waals surface area contributed by atoms with Crippen molar-refractivity contribution in [1.82, 2.24) is 5.01 Å². The SMILES string of the molecule is NN1C(=O)C2C(C1=O)C1(Cl)C(Cl)=C(Cl)C2(Cl)C1(Cl)Cl. The molecule has 19 heavy (non-hydrogen) atoms. The van der Waals surface area contributed by atoms with Crippen LogP contribution in [-0.4, -0.2) is 30.9 Å². The maximum atomic E-state index is 12.1. The zero-order valence-corrected chi connectivity index (χ0v) is 13.3. The Bertz CT molecular complexity index is 531. The summed E-state index contributed by atoms with van der Waals surface area (Å²) < 4.78 is -1.90. The highest BCUT2D eigenvalue weighted by Crippen LogP contribution is 2.77. The molecule has 0 spiro atoms. The molecule has 104 valence electrons. The van der Waals surface area contributed by atoms with Crippen LogP contribution in [0.15, 0.2) is 10.1 Å². The van der Waals surface area contributed by atoms with Crippen molar-refractivity contribution in [2.75, 3.05) is 0 Å². The average molecular weight is 385 g/mol. The Kier molecular flexibility index (Phi) is 2.80. The van der Waals surface area contributed by atoms with Gasteiger partial charge in [0.1, 0.15) is 9.75 Å². The lowest BCUT2D eigenvalue weighted by molar-refractivity contribution is -0.140. The van der Waals surface area contributed by atoms with Gasteiger partial charge in [0, 0.05) is 0 Å². The predicted molar refractivity (Wildman–Crippen MR) is 73.4 cm³/mol. The van der Waals surface area contributed by atoms with Crippen LogP contribution in [0.2, 0.25) is 0 Å². The van der Waals surface area contributed by atoms with E-state index in [1.807, 2.05) is 0 Å². The van der Waals surface area contributed by atoms with Gasteiger partial charge in [0.05, 0.1) is 21.9 Å². The molecule has 4 atom stereocenters. The third-order valence-electron chi connectivity index (χ3n) is 3.94. The summed E-state index contributed by atoms with van der Waals surface area (Å²) in [5.74, 6) is 1.63. The molecule has 1 heterocycles. The van der Waals surface area contributed by atoms with Crippen molar-refractivity contribution < 1.29 is 9.59 Å². The molecule has 2 fully saturated rings. The second-order valence-electron chi connectivity index (χ2n) is 4.63. The summed E-state index contributed by atoms with van der Waals surface area (Å²) in [5, 5.41) is 0.189. The van der Waals surface area contributed by atoms with Crippen LogP contribution < -0.4 is 5.84 Å². The number of fused-ring (bicyclic) bond motifs is 5. The number of hydrogen-bond donors (Lipinski definition) is 1. The molecule has 10 heteroatoms. The summed E-state index contributed by atoms with van der Waals surface area (Å²) in [6.07, 6.45) is 0. The second kappa shape index (κ2) is 3.67. The maximum Gasteiger partial charge on any atom is 0.249 e. The summed E-state index contributed by atoms with van der Waals surface area (Å²) >= 11 is 37.2. The van der Waals surface area contributed by atoms with E-state index in [1.54, 1.807) is 0 Å². The fourth-order valence-electron chi connectivity index (χ4n) is 3.02. The van der Waals surface area contributed by atoms with Crippen molar-refractivity contribution in [1.29, 1.82) is 0 Å². The van der Waals surface area contributed by atoms with Gasteiger partial charge in [-0.2, -0.15) is 0 Å². The van der Waals surface area contributed by atoms with E-state index in [2.05, 4.69) is 0 Å². The van der Waals surface area contributed by atoms with Crippen molar-refractivity contribution in [3.63, 3.8) is 0 Å². The first-order chi connectivity index (χ1) is 8.54. The Hall–Kier alpha value is 0.580. The van der Waals surface area contributed by atoms with Crippen LogP contribution in [0.4, 0.5) is 0 Å². The topological polar surface area (TPSA) is 63.4 Å². The van der Waals surface area contributed by atoms with Gasteiger partial charge in [-0.15, -0.1) is 23.2 Å². The number of carbonyl (C=O) groups excluding carboxylic acids is 2. The number of nitrogens with zero attached hydrogens (tertiary/aromatic N) is 1. The maximum absolute atomic E-state index is 12.1. The predicted octanol–water partition coefficient (Wildman–Crippen LogP) is 2.31. The minimum atomic E-state index is -1.90. The molecular formula is C9H4Cl6N2O2. The van der Waals surface area contributed by atoms with Crippen molar-refractivity contribution in [2.45, 2.75) is 14.1 Å². The summed E-state index contributed by atoms with van der Waals surface area (Å²) in [6.45, 7) is 0. The Balaban J connectivity index is 2.36. The summed E-state index contributed by atoms with van der Waals surface area (Å²) in [7, 11) is 0. The number of halogens is 6. The molecule has 2 amide bonds. The molecule has 3 rings (SSSR count). The minimum absolute atomic E-state index is 0.131. The van der Waals surface area contributed by atoms with Gasteiger partial charge < -0.3 is 0 Å². The number of hydrazine groups is 1. The van der Waals surface area contributed by atoms with Crippen molar-refractivity contribution in [3.8, 4) is 0 Å². The number of nitrogens with two attached hydrogens (primary N) is 1.